The fraction of sp³-hybridized carbons (Fsp3) is 0. The van der Waals surface area contributed by atoms with Gasteiger partial charge < -0.3 is 5.11 Å². The largest absolute Gasteiger partial charge is 0.506 e. The third-order valence-electron chi connectivity index (χ3n) is 2.17. The van der Waals surface area contributed by atoms with Crippen molar-refractivity contribution in [3.05, 3.63) is 58.9 Å². The van der Waals surface area contributed by atoms with Crippen LogP contribution in [0.4, 0.5) is 10.1 Å². The van der Waals surface area contributed by atoms with Crippen LogP contribution in [0.5, 0.6) is 5.75 Å². The first-order valence-electron chi connectivity index (χ1n) is 4.94. The van der Waals surface area contributed by atoms with Gasteiger partial charge in [-0.25, -0.2) is 4.39 Å². The minimum absolute atomic E-state index is 0.0267. The molecule has 0 radical (unpaired) electrons. The van der Waals surface area contributed by atoms with E-state index in [9.17, 15) is 9.50 Å². The van der Waals surface area contributed by atoms with Gasteiger partial charge in [-0.1, -0.05) is 41.9 Å². The first kappa shape index (κ1) is 11.6. The number of halogens is 2. The van der Waals surface area contributed by atoms with Gasteiger partial charge in [0, 0.05) is 12.3 Å². The second-order valence-corrected chi connectivity index (χ2v) is 3.83. The highest BCUT2D eigenvalue weighted by molar-refractivity contribution is 6.32. The van der Waals surface area contributed by atoms with E-state index in [-0.39, 0.29) is 16.5 Å². The second-order valence-electron chi connectivity index (χ2n) is 3.42. The standard InChI is InChI=1S/C13H9ClFNO/c14-10-6-11(15)12(7-13(10)17)16-8-9-4-2-1-3-5-9/h1-8,17H. The van der Waals surface area contributed by atoms with Gasteiger partial charge in [-0.2, -0.15) is 0 Å². The van der Waals surface area contributed by atoms with Crippen LogP contribution in [-0.2, 0) is 0 Å². The van der Waals surface area contributed by atoms with E-state index in [1.165, 1.54) is 12.3 Å². The number of phenols is 1. The van der Waals surface area contributed by atoms with Crippen LogP contribution in [0.3, 0.4) is 0 Å². The monoisotopic (exact) mass is 249 g/mol. The highest BCUT2D eigenvalue weighted by atomic mass is 35.5. The third kappa shape index (κ3) is 2.82. The summed E-state index contributed by atoms with van der Waals surface area (Å²) in [5, 5.41) is 9.32. The topological polar surface area (TPSA) is 32.6 Å². The molecule has 0 saturated heterocycles. The Hall–Kier alpha value is -1.87. The number of hydrogen-bond donors (Lipinski definition) is 1. The first-order chi connectivity index (χ1) is 8.16. The van der Waals surface area contributed by atoms with Crippen molar-refractivity contribution in [1.82, 2.24) is 0 Å². The molecule has 4 heteroatoms. The molecule has 17 heavy (non-hydrogen) atoms. The third-order valence-corrected chi connectivity index (χ3v) is 2.47. The van der Waals surface area contributed by atoms with Crippen LogP contribution in [0.25, 0.3) is 0 Å². The smallest absolute Gasteiger partial charge is 0.150 e. The zero-order chi connectivity index (χ0) is 12.3. The molecule has 0 aliphatic heterocycles. The Bertz CT molecular complexity index is 555. The van der Waals surface area contributed by atoms with E-state index >= 15 is 0 Å². The van der Waals surface area contributed by atoms with Crippen molar-refractivity contribution in [3.8, 4) is 5.75 Å². The normalized spacial score (nSPS) is 10.9. The Morgan fingerprint density at radius 2 is 1.88 bits per heavy atom. The van der Waals surface area contributed by atoms with Crippen molar-refractivity contribution in [3.63, 3.8) is 0 Å². The number of benzene rings is 2. The van der Waals surface area contributed by atoms with Gasteiger partial charge in [0.2, 0.25) is 0 Å². The van der Waals surface area contributed by atoms with Crippen molar-refractivity contribution in [1.29, 1.82) is 0 Å². The summed E-state index contributed by atoms with van der Waals surface area (Å²) in [6.07, 6.45) is 1.52. The summed E-state index contributed by atoms with van der Waals surface area (Å²) in [6, 6.07) is 11.5. The van der Waals surface area contributed by atoms with Crippen LogP contribution in [0.1, 0.15) is 5.56 Å². The van der Waals surface area contributed by atoms with E-state index in [1.54, 1.807) is 0 Å². The molecule has 0 amide bonds. The van der Waals surface area contributed by atoms with E-state index in [0.717, 1.165) is 11.6 Å². The molecule has 0 saturated carbocycles. The SMILES string of the molecule is Oc1cc(N=Cc2ccccc2)c(F)cc1Cl. The number of rotatable bonds is 2. The molecule has 0 aliphatic rings. The fourth-order valence-electron chi connectivity index (χ4n) is 1.31. The summed E-state index contributed by atoms with van der Waals surface area (Å²) in [7, 11) is 0. The molecule has 0 spiro atoms. The van der Waals surface area contributed by atoms with Gasteiger partial charge in [-0.3, -0.25) is 4.99 Å². The number of phenolic OH excluding ortho intramolecular Hbond substituents is 1. The van der Waals surface area contributed by atoms with Gasteiger partial charge in [-0.05, 0) is 11.6 Å². The van der Waals surface area contributed by atoms with Crippen molar-refractivity contribution in [2.45, 2.75) is 0 Å². The number of nitrogens with zero attached hydrogens (tertiary/aromatic N) is 1. The molecular formula is C13H9ClFNO. The molecule has 0 aromatic heterocycles. The molecule has 86 valence electrons. The van der Waals surface area contributed by atoms with Crippen molar-refractivity contribution in [2.24, 2.45) is 4.99 Å². The molecule has 2 rings (SSSR count). The Kier molecular flexibility index (Phi) is 3.40. The van der Waals surface area contributed by atoms with E-state index in [2.05, 4.69) is 4.99 Å². The Morgan fingerprint density at radius 1 is 1.18 bits per heavy atom. The minimum atomic E-state index is -0.569. The molecule has 0 fully saturated rings. The summed E-state index contributed by atoms with van der Waals surface area (Å²) in [5.74, 6) is -0.756. The molecule has 0 bridgehead atoms. The van der Waals surface area contributed by atoms with Crippen LogP contribution >= 0.6 is 11.6 Å². The Balaban J connectivity index is 2.31. The summed E-state index contributed by atoms with van der Waals surface area (Å²) in [6.45, 7) is 0. The van der Waals surface area contributed by atoms with Gasteiger partial charge in [-0.15, -0.1) is 0 Å². The van der Waals surface area contributed by atoms with Crippen molar-refractivity contribution in [2.75, 3.05) is 0 Å². The maximum absolute atomic E-state index is 13.4. The van der Waals surface area contributed by atoms with Gasteiger partial charge in [0.15, 0.2) is 5.82 Å². The lowest BCUT2D eigenvalue weighted by Crippen LogP contribution is -1.81. The van der Waals surface area contributed by atoms with Gasteiger partial charge in [0.25, 0.3) is 0 Å². The number of aliphatic imine (C=N–C) groups is 1. The minimum Gasteiger partial charge on any atom is -0.506 e. The van der Waals surface area contributed by atoms with Crippen LogP contribution in [0, 0.1) is 5.82 Å². The zero-order valence-electron chi connectivity index (χ0n) is 8.77. The molecule has 2 nitrogen and oxygen atoms in total. The maximum atomic E-state index is 13.4. The molecular weight excluding hydrogens is 241 g/mol. The number of hydrogen-bond acceptors (Lipinski definition) is 2. The lowest BCUT2D eigenvalue weighted by molar-refractivity contribution is 0.474. The van der Waals surface area contributed by atoms with Crippen LogP contribution < -0.4 is 0 Å². The highest BCUT2D eigenvalue weighted by Crippen LogP contribution is 2.30. The number of aromatic hydroxyl groups is 1. The predicted molar refractivity (Wildman–Crippen MR) is 66.8 cm³/mol. The molecule has 0 unspecified atom stereocenters. The van der Waals surface area contributed by atoms with E-state index in [4.69, 9.17) is 11.6 Å². The molecule has 0 atom stereocenters. The first-order valence-corrected chi connectivity index (χ1v) is 5.32. The molecule has 2 aromatic rings. The van der Waals surface area contributed by atoms with E-state index in [0.29, 0.717) is 0 Å². The molecule has 0 aliphatic carbocycles. The lowest BCUT2D eigenvalue weighted by Gasteiger charge is -2.00. The van der Waals surface area contributed by atoms with Crippen LogP contribution in [-0.4, -0.2) is 11.3 Å². The maximum Gasteiger partial charge on any atom is 0.150 e. The lowest BCUT2D eigenvalue weighted by atomic mass is 10.2. The average molecular weight is 250 g/mol. The summed E-state index contributed by atoms with van der Waals surface area (Å²) in [4.78, 5) is 3.96. The van der Waals surface area contributed by atoms with E-state index in [1.807, 2.05) is 30.3 Å². The summed E-state index contributed by atoms with van der Waals surface area (Å²) >= 11 is 5.56. The summed E-state index contributed by atoms with van der Waals surface area (Å²) < 4.78 is 13.4. The Morgan fingerprint density at radius 3 is 2.59 bits per heavy atom. The van der Waals surface area contributed by atoms with Crippen LogP contribution in [0.15, 0.2) is 47.5 Å². The van der Waals surface area contributed by atoms with Gasteiger partial charge >= 0.3 is 0 Å². The van der Waals surface area contributed by atoms with E-state index < -0.39 is 5.82 Å². The molecule has 0 heterocycles. The van der Waals surface area contributed by atoms with Crippen LogP contribution in [0.2, 0.25) is 5.02 Å². The predicted octanol–water partition coefficient (Wildman–Crippen LogP) is 3.94. The molecule has 1 N–H and O–H groups in total. The second kappa shape index (κ2) is 4.97. The fourth-order valence-corrected chi connectivity index (χ4v) is 1.46. The average Bonchev–Trinajstić information content (AvgIpc) is 2.33. The highest BCUT2D eigenvalue weighted by Gasteiger charge is 2.06. The summed E-state index contributed by atoms with van der Waals surface area (Å²) in [5.41, 5.74) is 0.900. The van der Waals surface area contributed by atoms with Gasteiger partial charge in [0.1, 0.15) is 11.4 Å². The van der Waals surface area contributed by atoms with Crippen molar-refractivity contribution >= 4 is 23.5 Å². The van der Waals surface area contributed by atoms with Gasteiger partial charge in [0.05, 0.1) is 5.02 Å². The quantitative estimate of drug-likeness (QED) is 0.804. The van der Waals surface area contributed by atoms with Crippen molar-refractivity contribution < 1.29 is 9.50 Å². The zero-order valence-corrected chi connectivity index (χ0v) is 9.53. The Labute approximate surface area is 103 Å². The molecule has 2 aromatic carbocycles.